The van der Waals surface area contributed by atoms with Gasteiger partial charge in [0.05, 0.1) is 24.5 Å². The van der Waals surface area contributed by atoms with E-state index in [1.807, 2.05) is 6.07 Å². The predicted molar refractivity (Wildman–Crippen MR) is 85.8 cm³/mol. The maximum atomic E-state index is 12.7. The Hall–Kier alpha value is -1.33. The first kappa shape index (κ1) is 15.2. The van der Waals surface area contributed by atoms with Gasteiger partial charge in [0.1, 0.15) is 0 Å². The van der Waals surface area contributed by atoms with Gasteiger partial charge in [0, 0.05) is 37.3 Å². The lowest BCUT2D eigenvalue weighted by atomic mass is 9.89. The molecular weight excluding hydrogens is 292 g/mol. The van der Waals surface area contributed by atoms with E-state index in [4.69, 9.17) is 9.15 Å². The highest BCUT2D eigenvalue weighted by atomic mass is 16.5. The zero-order valence-corrected chi connectivity index (χ0v) is 13.6. The number of furan rings is 1. The molecule has 0 unspecified atom stereocenters. The molecule has 1 aliphatic carbocycles. The van der Waals surface area contributed by atoms with Crippen molar-refractivity contribution >= 4 is 5.91 Å². The molecule has 23 heavy (non-hydrogen) atoms. The van der Waals surface area contributed by atoms with Crippen LogP contribution in [0.5, 0.6) is 0 Å². The lowest BCUT2D eigenvalue weighted by Crippen LogP contribution is -2.53. The van der Waals surface area contributed by atoms with Gasteiger partial charge >= 0.3 is 0 Å². The number of carbonyl (C=O) groups excluding carboxylic acids is 1. The van der Waals surface area contributed by atoms with Crippen molar-refractivity contribution in [2.75, 3.05) is 13.2 Å². The molecule has 3 heterocycles. The van der Waals surface area contributed by atoms with E-state index in [0.717, 1.165) is 45.4 Å². The molecule has 3 atom stereocenters. The van der Waals surface area contributed by atoms with Gasteiger partial charge in [-0.1, -0.05) is 12.8 Å². The molecule has 0 radical (unpaired) electrons. The highest BCUT2D eigenvalue weighted by Crippen LogP contribution is 2.33. The Bertz CT molecular complexity index is 524. The molecule has 1 aromatic rings. The van der Waals surface area contributed by atoms with Crippen molar-refractivity contribution in [2.45, 2.75) is 63.3 Å². The summed E-state index contributed by atoms with van der Waals surface area (Å²) in [4.78, 5) is 15.1. The summed E-state index contributed by atoms with van der Waals surface area (Å²) in [6, 6.07) is 2.85. The summed E-state index contributed by atoms with van der Waals surface area (Å²) in [7, 11) is 0. The molecule has 126 valence electrons. The van der Waals surface area contributed by atoms with Crippen LogP contribution in [0, 0.1) is 5.92 Å². The highest BCUT2D eigenvalue weighted by Gasteiger charge is 2.42. The van der Waals surface area contributed by atoms with Crippen molar-refractivity contribution in [2.24, 2.45) is 5.92 Å². The van der Waals surface area contributed by atoms with Gasteiger partial charge in [-0.3, -0.25) is 9.69 Å². The molecular formula is C18H26N2O3. The van der Waals surface area contributed by atoms with Crippen LogP contribution in [0.2, 0.25) is 0 Å². The Morgan fingerprint density at radius 3 is 2.96 bits per heavy atom. The van der Waals surface area contributed by atoms with E-state index in [1.54, 1.807) is 12.5 Å². The molecule has 0 aromatic carbocycles. The summed E-state index contributed by atoms with van der Waals surface area (Å²) in [6.45, 7) is 2.48. The van der Waals surface area contributed by atoms with E-state index < -0.39 is 0 Å². The molecule has 5 heteroatoms. The molecule has 2 aliphatic heterocycles. The van der Waals surface area contributed by atoms with Gasteiger partial charge in [0.25, 0.3) is 0 Å². The summed E-state index contributed by atoms with van der Waals surface area (Å²) in [6.07, 6.45) is 10.4. The van der Waals surface area contributed by atoms with Gasteiger partial charge in [0.2, 0.25) is 5.91 Å². The zero-order valence-electron chi connectivity index (χ0n) is 13.6. The molecule has 1 amide bonds. The lowest BCUT2D eigenvalue weighted by Gasteiger charge is -2.40. The molecule has 3 aliphatic rings. The predicted octanol–water partition coefficient (Wildman–Crippen LogP) is 2.32. The first-order valence-corrected chi connectivity index (χ1v) is 8.96. The topological polar surface area (TPSA) is 54.7 Å². The van der Waals surface area contributed by atoms with E-state index in [-0.39, 0.29) is 17.9 Å². The minimum atomic E-state index is 0.0434. The number of amides is 1. The normalized spacial score (nSPS) is 32.1. The van der Waals surface area contributed by atoms with Crippen LogP contribution in [0.3, 0.4) is 0 Å². The second-order valence-electron chi connectivity index (χ2n) is 7.25. The second-order valence-corrected chi connectivity index (χ2v) is 7.25. The molecule has 5 nitrogen and oxygen atoms in total. The average Bonchev–Trinajstić information content (AvgIpc) is 3.29. The van der Waals surface area contributed by atoms with Crippen molar-refractivity contribution in [3.63, 3.8) is 0 Å². The van der Waals surface area contributed by atoms with Crippen LogP contribution in [0.25, 0.3) is 0 Å². The summed E-state index contributed by atoms with van der Waals surface area (Å²) in [5.41, 5.74) is 1.17. The van der Waals surface area contributed by atoms with Crippen LogP contribution in [-0.2, 0) is 16.1 Å². The van der Waals surface area contributed by atoms with Crippen LogP contribution < -0.4 is 5.32 Å². The van der Waals surface area contributed by atoms with E-state index >= 15 is 0 Å². The minimum Gasteiger partial charge on any atom is -0.472 e. The van der Waals surface area contributed by atoms with E-state index in [0.29, 0.717) is 12.1 Å². The van der Waals surface area contributed by atoms with Crippen molar-refractivity contribution in [3.8, 4) is 0 Å². The van der Waals surface area contributed by atoms with Gasteiger partial charge in [-0.25, -0.2) is 0 Å². The summed E-state index contributed by atoms with van der Waals surface area (Å²) >= 11 is 0. The second kappa shape index (κ2) is 6.65. The van der Waals surface area contributed by atoms with E-state index in [1.165, 1.54) is 18.4 Å². The standard InChI is InChI=1S/C18H26N2O3/c21-18(19-15-3-1-2-4-15)14-9-17-16(6-8-23-17)20(11-14)10-13-5-7-22-12-13/h5,7,12,14-17H,1-4,6,8-11H2,(H,19,21)/t14-,16+,17+/m1/s1. The van der Waals surface area contributed by atoms with Gasteiger partial charge in [-0.2, -0.15) is 0 Å². The summed E-state index contributed by atoms with van der Waals surface area (Å²) in [5, 5.41) is 3.27. The number of nitrogens with zero attached hydrogens (tertiary/aromatic N) is 1. The Morgan fingerprint density at radius 1 is 1.30 bits per heavy atom. The third-order valence-corrected chi connectivity index (χ3v) is 5.65. The highest BCUT2D eigenvalue weighted by molar-refractivity contribution is 5.79. The van der Waals surface area contributed by atoms with Crippen LogP contribution in [0.1, 0.15) is 44.1 Å². The molecule has 1 N–H and O–H groups in total. The minimum absolute atomic E-state index is 0.0434. The lowest BCUT2D eigenvalue weighted by molar-refractivity contribution is -0.130. The van der Waals surface area contributed by atoms with Gasteiger partial charge in [0.15, 0.2) is 0 Å². The van der Waals surface area contributed by atoms with Crippen LogP contribution in [0.15, 0.2) is 23.0 Å². The van der Waals surface area contributed by atoms with E-state index in [2.05, 4.69) is 10.2 Å². The SMILES string of the molecule is O=C(NC1CCCC1)[C@@H]1C[C@@H]2OCC[C@@H]2N(Cc2ccoc2)C1. The Morgan fingerprint density at radius 2 is 2.17 bits per heavy atom. The number of rotatable bonds is 4. The number of piperidine rings is 1. The first-order valence-electron chi connectivity index (χ1n) is 8.96. The molecule has 4 rings (SSSR count). The molecule has 0 bridgehead atoms. The van der Waals surface area contributed by atoms with Crippen molar-refractivity contribution in [3.05, 3.63) is 24.2 Å². The maximum absolute atomic E-state index is 12.7. The smallest absolute Gasteiger partial charge is 0.224 e. The largest absolute Gasteiger partial charge is 0.472 e. The van der Waals surface area contributed by atoms with E-state index in [9.17, 15) is 4.79 Å². The van der Waals surface area contributed by atoms with Crippen LogP contribution in [-0.4, -0.2) is 42.1 Å². The van der Waals surface area contributed by atoms with Crippen molar-refractivity contribution < 1.29 is 13.9 Å². The number of ether oxygens (including phenoxy) is 1. The maximum Gasteiger partial charge on any atom is 0.224 e. The third-order valence-electron chi connectivity index (χ3n) is 5.65. The number of likely N-dealkylation sites (tertiary alicyclic amines) is 1. The van der Waals surface area contributed by atoms with Crippen LogP contribution in [0.4, 0.5) is 0 Å². The first-order chi connectivity index (χ1) is 11.3. The fourth-order valence-electron chi connectivity index (χ4n) is 4.43. The number of carbonyl (C=O) groups is 1. The quantitative estimate of drug-likeness (QED) is 0.926. The molecule has 1 aromatic heterocycles. The Kier molecular flexibility index (Phi) is 4.40. The monoisotopic (exact) mass is 318 g/mol. The summed E-state index contributed by atoms with van der Waals surface area (Å²) < 4.78 is 11.1. The third kappa shape index (κ3) is 3.31. The Balaban J connectivity index is 1.42. The van der Waals surface area contributed by atoms with Crippen LogP contribution >= 0.6 is 0 Å². The number of hydrogen-bond donors (Lipinski definition) is 1. The Labute approximate surface area is 137 Å². The summed E-state index contributed by atoms with van der Waals surface area (Å²) in [5.74, 6) is 0.268. The van der Waals surface area contributed by atoms with Gasteiger partial charge in [-0.05, 0) is 31.7 Å². The molecule has 0 spiro atoms. The fourth-order valence-corrected chi connectivity index (χ4v) is 4.43. The molecule has 3 fully saturated rings. The number of hydrogen-bond acceptors (Lipinski definition) is 4. The van der Waals surface area contributed by atoms with Gasteiger partial charge < -0.3 is 14.5 Å². The number of nitrogens with one attached hydrogen (secondary N) is 1. The number of fused-ring (bicyclic) bond motifs is 1. The zero-order chi connectivity index (χ0) is 15.6. The fraction of sp³-hybridized carbons (Fsp3) is 0.722. The molecule has 1 saturated carbocycles. The van der Waals surface area contributed by atoms with Crippen molar-refractivity contribution in [1.82, 2.24) is 10.2 Å². The van der Waals surface area contributed by atoms with Crippen molar-refractivity contribution in [1.29, 1.82) is 0 Å². The van der Waals surface area contributed by atoms with Gasteiger partial charge in [-0.15, -0.1) is 0 Å². The average molecular weight is 318 g/mol. The molecule has 2 saturated heterocycles.